The number of halogens is 5. The lowest BCUT2D eigenvalue weighted by molar-refractivity contribution is -0.175. The van der Waals surface area contributed by atoms with E-state index in [1.54, 1.807) is 5.32 Å². The molecule has 2 aromatic rings. The monoisotopic (exact) mass is 595 g/mol. The molecule has 2 aliphatic heterocycles. The highest BCUT2D eigenvalue weighted by molar-refractivity contribution is 6.07. The van der Waals surface area contributed by atoms with Gasteiger partial charge in [0.25, 0.3) is 0 Å². The normalized spacial score (nSPS) is 21.5. The first-order valence-corrected chi connectivity index (χ1v) is 13.0. The molecule has 4 atom stereocenters. The van der Waals surface area contributed by atoms with Gasteiger partial charge in [0.1, 0.15) is 23.7 Å². The van der Waals surface area contributed by atoms with E-state index < -0.39 is 70.5 Å². The molecular formula is C28H30F5N5O4. The van der Waals surface area contributed by atoms with Gasteiger partial charge in [0.2, 0.25) is 17.7 Å². The molecule has 0 unspecified atom stereocenters. The zero-order chi connectivity index (χ0) is 31.2. The molecule has 1 spiro atoms. The number of nitrogens with two attached hydrogens (primary N) is 1. The molecule has 226 valence electrons. The third-order valence-corrected chi connectivity index (χ3v) is 7.47. The van der Waals surface area contributed by atoms with Crippen LogP contribution >= 0.6 is 0 Å². The third kappa shape index (κ3) is 6.08. The summed E-state index contributed by atoms with van der Waals surface area (Å²) >= 11 is 0. The molecular weight excluding hydrogens is 565 g/mol. The summed E-state index contributed by atoms with van der Waals surface area (Å²) in [6.45, 7) is 3.99. The van der Waals surface area contributed by atoms with Crippen LogP contribution in [0.2, 0.25) is 0 Å². The summed E-state index contributed by atoms with van der Waals surface area (Å²) in [5.74, 6) is -5.97. The summed E-state index contributed by atoms with van der Waals surface area (Å²) in [5, 5.41) is 6.76. The van der Waals surface area contributed by atoms with Crippen molar-refractivity contribution in [2.45, 2.75) is 63.5 Å². The van der Waals surface area contributed by atoms with Gasteiger partial charge in [-0.05, 0) is 46.9 Å². The highest BCUT2D eigenvalue weighted by atomic mass is 19.4. The number of anilines is 1. The second kappa shape index (κ2) is 11.0. The number of fused-ring (bicyclic) bond motifs is 2. The predicted molar refractivity (Wildman–Crippen MR) is 140 cm³/mol. The second-order valence-corrected chi connectivity index (χ2v) is 11.6. The number of carbonyl (C=O) groups excluding carboxylic acids is 4. The number of rotatable bonds is 6. The maximum Gasteiger partial charge on any atom is 0.471 e. The minimum Gasteiger partial charge on any atom is -0.342 e. The van der Waals surface area contributed by atoms with E-state index >= 15 is 0 Å². The summed E-state index contributed by atoms with van der Waals surface area (Å²) in [6, 6.07) is 5.68. The van der Waals surface area contributed by atoms with Crippen LogP contribution < -0.4 is 21.7 Å². The number of alkyl halides is 3. The molecule has 9 nitrogen and oxygen atoms in total. The van der Waals surface area contributed by atoms with Crippen molar-refractivity contribution in [3.8, 4) is 0 Å². The quantitative estimate of drug-likeness (QED) is 0.381. The lowest BCUT2D eigenvalue weighted by Crippen LogP contribution is -2.60. The Hall–Kier alpha value is -4.07. The number of hydrogen-bond acceptors (Lipinski definition) is 5. The largest absolute Gasteiger partial charge is 0.471 e. The molecule has 1 fully saturated rings. The highest BCUT2D eigenvalue weighted by Crippen LogP contribution is 2.46. The fraction of sp³-hybridized carbons (Fsp3) is 0.429. The second-order valence-electron chi connectivity index (χ2n) is 11.6. The van der Waals surface area contributed by atoms with Crippen LogP contribution in [0.4, 0.5) is 27.6 Å². The van der Waals surface area contributed by atoms with E-state index in [1.807, 2.05) is 0 Å². The van der Waals surface area contributed by atoms with Gasteiger partial charge in [-0.2, -0.15) is 13.2 Å². The molecule has 0 aliphatic carbocycles. The van der Waals surface area contributed by atoms with Crippen LogP contribution in [0, 0.1) is 17.0 Å². The van der Waals surface area contributed by atoms with Gasteiger partial charge < -0.3 is 26.6 Å². The van der Waals surface area contributed by atoms with Crippen molar-refractivity contribution in [2.24, 2.45) is 11.1 Å². The molecule has 0 aromatic heterocycles. The van der Waals surface area contributed by atoms with E-state index in [2.05, 4.69) is 10.6 Å². The van der Waals surface area contributed by atoms with Crippen LogP contribution in [0.3, 0.4) is 0 Å². The molecule has 0 radical (unpaired) electrons. The van der Waals surface area contributed by atoms with E-state index in [0.717, 1.165) is 17.0 Å². The van der Waals surface area contributed by atoms with Gasteiger partial charge >= 0.3 is 12.1 Å². The van der Waals surface area contributed by atoms with Gasteiger partial charge in [-0.3, -0.25) is 19.2 Å². The average molecular weight is 596 g/mol. The smallest absolute Gasteiger partial charge is 0.342 e. The maximum atomic E-state index is 14.1. The van der Waals surface area contributed by atoms with Crippen molar-refractivity contribution in [3.63, 3.8) is 0 Å². The molecule has 2 aliphatic rings. The van der Waals surface area contributed by atoms with E-state index in [-0.39, 0.29) is 24.9 Å². The van der Waals surface area contributed by atoms with Crippen LogP contribution in [0.25, 0.3) is 0 Å². The standard InChI is InChI=1S/C28H30F5N5O4/c1-26(2,3)21(37-25(42)28(31,32)33)22(39)35-19(10-14-5-4-6-15(29)9-14)23(40)38-13-27(12-20(38)34)17-11-16(30)7-8-18(17)36-24(27)41/h4-9,11,19-21H,10,12-13,34H2,1-3H3,(H,35,39)(H,36,41)(H,37,42)/t19-,20-,21+,27-/m0/s1. The van der Waals surface area contributed by atoms with E-state index in [9.17, 15) is 41.1 Å². The summed E-state index contributed by atoms with van der Waals surface area (Å²) in [5.41, 5.74) is 4.64. The van der Waals surface area contributed by atoms with Crippen molar-refractivity contribution in [1.29, 1.82) is 0 Å². The number of hydrogen-bond donors (Lipinski definition) is 4. The third-order valence-electron chi connectivity index (χ3n) is 7.47. The SMILES string of the molecule is CC(C)(C)[C@H](NC(=O)C(F)(F)F)C(=O)N[C@@H](Cc1cccc(F)c1)C(=O)N1C[C@]2(C[C@H]1N)C(=O)Nc1ccc(F)cc12. The van der Waals surface area contributed by atoms with Gasteiger partial charge in [0.15, 0.2) is 0 Å². The molecule has 14 heteroatoms. The molecule has 2 heterocycles. The lowest BCUT2D eigenvalue weighted by atomic mass is 9.80. The van der Waals surface area contributed by atoms with Crippen LogP contribution in [0.1, 0.15) is 38.3 Å². The van der Waals surface area contributed by atoms with Gasteiger partial charge in [0, 0.05) is 25.1 Å². The summed E-state index contributed by atoms with van der Waals surface area (Å²) in [7, 11) is 0. The topological polar surface area (TPSA) is 134 Å². The van der Waals surface area contributed by atoms with Gasteiger partial charge in [0.05, 0.1) is 11.6 Å². The van der Waals surface area contributed by atoms with E-state index in [0.29, 0.717) is 11.3 Å². The van der Waals surface area contributed by atoms with Crippen LogP contribution in [0.5, 0.6) is 0 Å². The van der Waals surface area contributed by atoms with Crippen LogP contribution in [-0.4, -0.2) is 59.5 Å². The molecule has 0 bridgehead atoms. The highest BCUT2D eigenvalue weighted by Gasteiger charge is 2.56. The van der Waals surface area contributed by atoms with E-state index in [4.69, 9.17) is 5.73 Å². The van der Waals surface area contributed by atoms with Crippen LogP contribution in [-0.2, 0) is 31.0 Å². The summed E-state index contributed by atoms with van der Waals surface area (Å²) < 4.78 is 67.2. The number of likely N-dealkylation sites (tertiary alicyclic amines) is 1. The van der Waals surface area contributed by atoms with Crippen molar-refractivity contribution in [2.75, 3.05) is 11.9 Å². The first-order chi connectivity index (χ1) is 19.4. The van der Waals surface area contributed by atoms with Gasteiger partial charge in [-0.1, -0.05) is 32.9 Å². The number of nitrogens with zero attached hydrogens (tertiary/aromatic N) is 1. The molecule has 5 N–H and O–H groups in total. The Kier molecular flexibility index (Phi) is 8.06. The molecule has 4 rings (SSSR count). The number of nitrogens with one attached hydrogen (secondary N) is 3. The Balaban J connectivity index is 1.65. The van der Waals surface area contributed by atoms with Crippen molar-refractivity contribution >= 4 is 29.3 Å². The Labute approximate surface area is 238 Å². The number of carbonyl (C=O) groups is 4. The fourth-order valence-electron chi connectivity index (χ4n) is 5.37. The Morgan fingerprint density at radius 3 is 2.36 bits per heavy atom. The van der Waals surface area contributed by atoms with Crippen molar-refractivity contribution in [1.82, 2.24) is 15.5 Å². The Bertz CT molecular complexity index is 1430. The van der Waals surface area contributed by atoms with Crippen LogP contribution in [0.15, 0.2) is 42.5 Å². The Morgan fingerprint density at radius 2 is 1.74 bits per heavy atom. The van der Waals surface area contributed by atoms with E-state index in [1.165, 1.54) is 51.1 Å². The molecule has 0 saturated carbocycles. The minimum absolute atomic E-state index is 0.0755. The number of benzene rings is 2. The average Bonchev–Trinajstić information content (AvgIpc) is 3.36. The summed E-state index contributed by atoms with van der Waals surface area (Å²) in [6.07, 6.45) is -6.70. The molecule has 4 amide bonds. The van der Waals surface area contributed by atoms with Gasteiger partial charge in [-0.25, -0.2) is 8.78 Å². The first-order valence-electron chi connectivity index (χ1n) is 13.0. The molecule has 1 saturated heterocycles. The van der Waals surface area contributed by atoms with Crippen molar-refractivity contribution < 1.29 is 41.1 Å². The molecule has 2 aromatic carbocycles. The zero-order valence-corrected chi connectivity index (χ0v) is 22.9. The minimum atomic E-state index is -5.27. The molecule has 42 heavy (non-hydrogen) atoms. The zero-order valence-electron chi connectivity index (χ0n) is 22.9. The lowest BCUT2D eigenvalue weighted by Gasteiger charge is -2.33. The summed E-state index contributed by atoms with van der Waals surface area (Å²) in [4.78, 5) is 53.2. The maximum absolute atomic E-state index is 14.1. The first kappa shape index (κ1) is 30.9. The number of amides is 4. The Morgan fingerprint density at radius 1 is 1.07 bits per heavy atom. The predicted octanol–water partition coefficient (Wildman–Crippen LogP) is 2.49. The fourth-order valence-corrected chi connectivity index (χ4v) is 5.37. The van der Waals surface area contributed by atoms with Gasteiger partial charge in [-0.15, -0.1) is 0 Å². The van der Waals surface area contributed by atoms with Crippen molar-refractivity contribution in [3.05, 3.63) is 65.2 Å².